The second-order valence-corrected chi connectivity index (χ2v) is 5.66. The smallest absolute Gasteiger partial charge is 0.274 e. The zero-order valence-corrected chi connectivity index (χ0v) is 12.9. The van der Waals surface area contributed by atoms with Crippen molar-refractivity contribution in [2.75, 3.05) is 25.0 Å². The van der Waals surface area contributed by atoms with Gasteiger partial charge in [0, 0.05) is 19.6 Å². The molecule has 1 fully saturated rings. The van der Waals surface area contributed by atoms with Crippen LogP contribution >= 0.6 is 11.6 Å². The van der Waals surface area contributed by atoms with Gasteiger partial charge in [0.2, 0.25) is 0 Å². The number of anilines is 1. The predicted octanol–water partition coefficient (Wildman–Crippen LogP) is 3.43. The number of rotatable bonds is 5. The van der Waals surface area contributed by atoms with E-state index in [-0.39, 0.29) is 5.91 Å². The summed E-state index contributed by atoms with van der Waals surface area (Å²) in [6, 6.07) is 3.53. The highest BCUT2D eigenvalue weighted by Gasteiger charge is 2.28. The van der Waals surface area contributed by atoms with Crippen molar-refractivity contribution in [3.63, 3.8) is 0 Å². The van der Waals surface area contributed by atoms with Gasteiger partial charge in [0.25, 0.3) is 5.91 Å². The summed E-state index contributed by atoms with van der Waals surface area (Å²) in [5.41, 5.74) is 0.363. The van der Waals surface area contributed by atoms with Crippen LogP contribution in [0.25, 0.3) is 0 Å². The number of pyridine rings is 1. The van der Waals surface area contributed by atoms with Crippen LogP contribution in [0, 0.1) is 5.92 Å². The number of amides is 1. The van der Waals surface area contributed by atoms with E-state index in [9.17, 15) is 4.79 Å². The molecule has 4 nitrogen and oxygen atoms in total. The Bertz CT molecular complexity index is 478. The Kier molecular flexibility index (Phi) is 5.24. The highest BCUT2D eigenvalue weighted by molar-refractivity contribution is 6.33. The number of carbonyl (C=O) groups excluding carboxylic acids is 1. The van der Waals surface area contributed by atoms with Gasteiger partial charge in [-0.15, -0.1) is 0 Å². The van der Waals surface area contributed by atoms with Crippen molar-refractivity contribution >= 4 is 23.3 Å². The third-order valence-electron chi connectivity index (χ3n) is 3.68. The Morgan fingerprint density at radius 1 is 1.50 bits per heavy atom. The highest BCUT2D eigenvalue weighted by Crippen LogP contribution is 2.25. The maximum absolute atomic E-state index is 12.5. The second-order valence-electron chi connectivity index (χ2n) is 5.25. The van der Waals surface area contributed by atoms with E-state index >= 15 is 0 Å². The van der Waals surface area contributed by atoms with Crippen LogP contribution in [-0.2, 0) is 0 Å². The first-order valence-electron chi connectivity index (χ1n) is 7.35. The summed E-state index contributed by atoms with van der Waals surface area (Å²) in [7, 11) is 0. The van der Waals surface area contributed by atoms with Crippen molar-refractivity contribution in [1.82, 2.24) is 9.88 Å². The van der Waals surface area contributed by atoms with Gasteiger partial charge in [-0.25, -0.2) is 4.98 Å². The van der Waals surface area contributed by atoms with Crippen molar-refractivity contribution in [1.29, 1.82) is 0 Å². The van der Waals surface area contributed by atoms with E-state index in [1.165, 1.54) is 12.8 Å². The fraction of sp³-hybridized carbons (Fsp3) is 0.600. The van der Waals surface area contributed by atoms with Crippen molar-refractivity contribution in [2.24, 2.45) is 5.92 Å². The summed E-state index contributed by atoms with van der Waals surface area (Å²) >= 11 is 6.13. The van der Waals surface area contributed by atoms with Crippen LogP contribution in [0.15, 0.2) is 12.1 Å². The predicted molar refractivity (Wildman–Crippen MR) is 82.3 cm³/mol. The lowest BCUT2D eigenvalue weighted by Crippen LogP contribution is -2.29. The van der Waals surface area contributed by atoms with Crippen LogP contribution in [0.4, 0.5) is 5.82 Å². The minimum atomic E-state index is -0.0478. The average Bonchev–Trinajstić information content (AvgIpc) is 2.89. The monoisotopic (exact) mass is 295 g/mol. The third-order valence-corrected chi connectivity index (χ3v) is 3.98. The number of hydrogen-bond acceptors (Lipinski definition) is 3. The van der Waals surface area contributed by atoms with Gasteiger partial charge in [0.1, 0.15) is 11.5 Å². The first-order chi connectivity index (χ1) is 9.65. The Morgan fingerprint density at radius 2 is 2.30 bits per heavy atom. The van der Waals surface area contributed by atoms with Gasteiger partial charge in [-0.1, -0.05) is 24.9 Å². The topological polar surface area (TPSA) is 45.2 Å². The minimum Gasteiger partial charge on any atom is -0.370 e. The SMILES string of the molecule is CCCC1CCN(C(=O)c2nc(NCC)ccc2Cl)C1. The van der Waals surface area contributed by atoms with Crippen molar-refractivity contribution in [3.05, 3.63) is 22.8 Å². The standard InChI is InChI=1S/C15H22ClN3O/c1-3-5-11-8-9-19(10-11)15(20)14-12(16)6-7-13(18-14)17-4-2/h6-7,11H,3-5,8-10H2,1-2H3,(H,17,18). The molecule has 0 saturated carbocycles. The summed E-state index contributed by atoms with van der Waals surface area (Å²) < 4.78 is 0. The van der Waals surface area contributed by atoms with Gasteiger partial charge in [0.05, 0.1) is 5.02 Å². The molecule has 5 heteroatoms. The lowest BCUT2D eigenvalue weighted by molar-refractivity contribution is 0.0781. The Hall–Kier alpha value is -1.29. The first kappa shape index (κ1) is 15.1. The van der Waals surface area contributed by atoms with Crippen LogP contribution < -0.4 is 5.32 Å². The molecular weight excluding hydrogens is 274 g/mol. The van der Waals surface area contributed by atoms with Crippen LogP contribution in [0.2, 0.25) is 5.02 Å². The van der Waals surface area contributed by atoms with Crippen molar-refractivity contribution in [2.45, 2.75) is 33.1 Å². The summed E-state index contributed by atoms with van der Waals surface area (Å²) in [6.45, 7) is 6.59. The van der Waals surface area contributed by atoms with E-state index < -0.39 is 0 Å². The number of carbonyl (C=O) groups is 1. The van der Waals surface area contributed by atoms with E-state index in [1.54, 1.807) is 12.1 Å². The van der Waals surface area contributed by atoms with E-state index in [4.69, 9.17) is 11.6 Å². The Morgan fingerprint density at radius 3 is 3.00 bits per heavy atom. The molecule has 1 aliphatic heterocycles. The average molecular weight is 296 g/mol. The van der Waals surface area contributed by atoms with Crippen LogP contribution in [0.3, 0.4) is 0 Å². The van der Waals surface area contributed by atoms with E-state index in [2.05, 4.69) is 17.2 Å². The zero-order chi connectivity index (χ0) is 14.5. The molecule has 0 bridgehead atoms. The molecule has 0 aliphatic carbocycles. The number of likely N-dealkylation sites (tertiary alicyclic amines) is 1. The lowest BCUT2D eigenvalue weighted by Gasteiger charge is -2.17. The maximum atomic E-state index is 12.5. The third kappa shape index (κ3) is 3.42. The summed E-state index contributed by atoms with van der Waals surface area (Å²) in [4.78, 5) is 18.7. The number of aromatic nitrogens is 1. The van der Waals surface area contributed by atoms with Crippen molar-refractivity contribution in [3.8, 4) is 0 Å². The molecule has 110 valence electrons. The summed E-state index contributed by atoms with van der Waals surface area (Å²) in [5.74, 6) is 1.28. The molecule has 0 radical (unpaired) electrons. The van der Waals surface area contributed by atoms with Crippen LogP contribution in [0.5, 0.6) is 0 Å². The maximum Gasteiger partial charge on any atom is 0.274 e. The number of nitrogens with zero attached hydrogens (tertiary/aromatic N) is 2. The largest absolute Gasteiger partial charge is 0.370 e. The molecule has 1 saturated heterocycles. The van der Waals surface area contributed by atoms with E-state index in [0.29, 0.717) is 22.5 Å². The van der Waals surface area contributed by atoms with Crippen LogP contribution in [0.1, 0.15) is 43.6 Å². The molecule has 2 heterocycles. The van der Waals surface area contributed by atoms with E-state index in [0.717, 1.165) is 26.1 Å². The molecule has 1 amide bonds. The van der Waals surface area contributed by atoms with Gasteiger partial charge in [-0.2, -0.15) is 0 Å². The Balaban J connectivity index is 2.11. The molecule has 0 aromatic carbocycles. The minimum absolute atomic E-state index is 0.0478. The summed E-state index contributed by atoms with van der Waals surface area (Å²) in [5, 5.41) is 3.54. The second kappa shape index (κ2) is 6.93. The quantitative estimate of drug-likeness (QED) is 0.905. The molecular formula is C15H22ClN3O. The molecule has 1 atom stereocenters. The number of hydrogen-bond donors (Lipinski definition) is 1. The number of halogens is 1. The zero-order valence-electron chi connectivity index (χ0n) is 12.2. The van der Waals surface area contributed by atoms with Gasteiger partial charge in [0.15, 0.2) is 0 Å². The fourth-order valence-electron chi connectivity index (χ4n) is 2.68. The van der Waals surface area contributed by atoms with Crippen molar-refractivity contribution < 1.29 is 4.79 Å². The normalized spacial score (nSPS) is 18.4. The highest BCUT2D eigenvalue weighted by atomic mass is 35.5. The first-order valence-corrected chi connectivity index (χ1v) is 7.73. The molecule has 2 rings (SSSR count). The van der Waals surface area contributed by atoms with Gasteiger partial charge < -0.3 is 10.2 Å². The molecule has 1 aliphatic rings. The number of nitrogens with one attached hydrogen (secondary N) is 1. The molecule has 1 aromatic rings. The molecule has 1 N–H and O–H groups in total. The lowest BCUT2D eigenvalue weighted by atomic mass is 10.0. The molecule has 1 aromatic heterocycles. The summed E-state index contributed by atoms with van der Waals surface area (Å²) in [6.07, 6.45) is 3.44. The van der Waals surface area contributed by atoms with E-state index in [1.807, 2.05) is 11.8 Å². The van der Waals surface area contributed by atoms with Gasteiger partial charge >= 0.3 is 0 Å². The van der Waals surface area contributed by atoms with Gasteiger partial charge in [-0.3, -0.25) is 4.79 Å². The Labute approximate surface area is 125 Å². The van der Waals surface area contributed by atoms with Gasteiger partial charge in [-0.05, 0) is 37.8 Å². The molecule has 0 spiro atoms. The van der Waals surface area contributed by atoms with Crippen LogP contribution in [-0.4, -0.2) is 35.4 Å². The fourth-order valence-corrected chi connectivity index (χ4v) is 2.87. The molecule has 1 unspecified atom stereocenters. The molecule has 20 heavy (non-hydrogen) atoms.